The van der Waals surface area contributed by atoms with Gasteiger partial charge in [-0.1, -0.05) is 53.8 Å². The molecule has 1 unspecified atom stereocenters. The normalized spacial score (nSPS) is 15.5. The molecule has 1 atom stereocenters. The Labute approximate surface area is 175 Å². The van der Waals surface area contributed by atoms with Crippen LogP contribution in [0.2, 0.25) is 0 Å². The van der Waals surface area contributed by atoms with E-state index in [2.05, 4.69) is 20.4 Å². The van der Waals surface area contributed by atoms with E-state index >= 15 is 0 Å². The van der Waals surface area contributed by atoms with Crippen LogP contribution in [-0.4, -0.2) is 42.7 Å². The third kappa shape index (κ3) is 3.00. The zero-order chi connectivity index (χ0) is 19.9. The van der Waals surface area contributed by atoms with Crippen molar-refractivity contribution >= 4 is 16.3 Å². The maximum Gasteiger partial charge on any atom is 0.235 e. The van der Waals surface area contributed by atoms with Gasteiger partial charge in [-0.15, -0.1) is 10.2 Å². The number of H-pyrrole nitrogens is 1. The first-order valence-corrected chi connectivity index (χ1v) is 10.4. The van der Waals surface area contributed by atoms with E-state index in [0.29, 0.717) is 18.9 Å². The average molecular weight is 416 g/mol. The van der Waals surface area contributed by atoms with Crippen LogP contribution in [-0.2, 0) is 6.42 Å². The van der Waals surface area contributed by atoms with E-state index in [1.807, 2.05) is 60.7 Å². The van der Waals surface area contributed by atoms with Crippen molar-refractivity contribution in [2.75, 3.05) is 6.61 Å². The standard InChI is InChI=1S/C21H16N6O2S/c1-2-6-13(7-3-1)15-11-16(23-22-15)20-24-25-21-27(20)26-19(30-21)10-14-12-28-17-8-4-5-9-18(17)29-14/h1-9,11,14H,10,12H2,(H,22,23). The predicted octanol–water partition coefficient (Wildman–Crippen LogP) is 3.63. The third-order valence-corrected chi connectivity index (χ3v) is 5.81. The van der Waals surface area contributed by atoms with Gasteiger partial charge in [0.1, 0.15) is 23.4 Å². The Morgan fingerprint density at radius 1 is 1.03 bits per heavy atom. The molecule has 8 nitrogen and oxygen atoms in total. The first-order valence-electron chi connectivity index (χ1n) is 9.54. The number of nitrogens with one attached hydrogen (secondary N) is 1. The highest BCUT2D eigenvalue weighted by atomic mass is 32.1. The average Bonchev–Trinajstić information content (AvgIpc) is 3.50. The van der Waals surface area contributed by atoms with Crippen LogP contribution in [0.25, 0.3) is 27.7 Å². The molecule has 0 bridgehead atoms. The van der Waals surface area contributed by atoms with Crippen molar-refractivity contribution in [3.63, 3.8) is 0 Å². The summed E-state index contributed by atoms with van der Waals surface area (Å²) in [6.07, 6.45) is 0.545. The summed E-state index contributed by atoms with van der Waals surface area (Å²) in [5.74, 6) is 2.18. The number of nitrogens with zero attached hydrogens (tertiary/aromatic N) is 5. The topological polar surface area (TPSA) is 90.2 Å². The lowest BCUT2D eigenvalue weighted by molar-refractivity contribution is 0.0911. The van der Waals surface area contributed by atoms with Gasteiger partial charge in [0.25, 0.3) is 0 Å². The van der Waals surface area contributed by atoms with Crippen LogP contribution in [0, 0.1) is 0 Å². The monoisotopic (exact) mass is 416 g/mol. The van der Waals surface area contributed by atoms with Crippen molar-refractivity contribution in [3.05, 3.63) is 65.7 Å². The fourth-order valence-electron chi connectivity index (χ4n) is 3.46. The fraction of sp³-hybridized carbons (Fsp3) is 0.143. The molecule has 0 radical (unpaired) electrons. The van der Waals surface area contributed by atoms with Crippen LogP contribution in [0.4, 0.5) is 0 Å². The highest BCUT2D eigenvalue weighted by Crippen LogP contribution is 2.32. The van der Waals surface area contributed by atoms with E-state index in [-0.39, 0.29) is 6.10 Å². The molecule has 5 aromatic rings. The quantitative estimate of drug-likeness (QED) is 0.481. The molecule has 2 aromatic carbocycles. The molecule has 3 aromatic heterocycles. The molecule has 0 amide bonds. The SMILES string of the molecule is c1ccc(-c2cc(-c3nnc4sc(CC5COc6ccccc6O5)nn34)[nH]n2)cc1. The van der Waals surface area contributed by atoms with Crippen molar-refractivity contribution in [1.29, 1.82) is 0 Å². The molecular weight excluding hydrogens is 400 g/mol. The van der Waals surface area contributed by atoms with E-state index < -0.39 is 0 Å². The zero-order valence-corrected chi connectivity index (χ0v) is 16.5. The van der Waals surface area contributed by atoms with Crippen molar-refractivity contribution in [3.8, 4) is 34.3 Å². The number of rotatable bonds is 4. The summed E-state index contributed by atoms with van der Waals surface area (Å²) in [6, 6.07) is 19.7. The molecule has 1 aliphatic heterocycles. The molecule has 0 saturated carbocycles. The summed E-state index contributed by atoms with van der Waals surface area (Å²) < 4.78 is 13.6. The predicted molar refractivity (Wildman–Crippen MR) is 112 cm³/mol. The molecule has 148 valence electrons. The van der Waals surface area contributed by atoms with Gasteiger partial charge < -0.3 is 9.47 Å². The maximum atomic E-state index is 6.06. The van der Waals surface area contributed by atoms with Gasteiger partial charge in [-0.2, -0.15) is 14.7 Å². The second-order valence-electron chi connectivity index (χ2n) is 6.95. The molecule has 1 aliphatic rings. The van der Waals surface area contributed by atoms with Crippen LogP contribution in [0.3, 0.4) is 0 Å². The Bertz CT molecular complexity index is 1330. The summed E-state index contributed by atoms with van der Waals surface area (Å²) >= 11 is 1.50. The lowest BCUT2D eigenvalue weighted by Gasteiger charge is -2.25. The van der Waals surface area contributed by atoms with Gasteiger partial charge in [0.05, 0.1) is 5.69 Å². The molecule has 6 rings (SSSR count). The number of hydrogen-bond donors (Lipinski definition) is 1. The molecule has 0 saturated heterocycles. The fourth-order valence-corrected chi connectivity index (χ4v) is 4.36. The summed E-state index contributed by atoms with van der Waals surface area (Å²) in [4.78, 5) is 0.730. The first kappa shape index (κ1) is 17.2. The van der Waals surface area contributed by atoms with Crippen LogP contribution in [0.5, 0.6) is 11.5 Å². The minimum atomic E-state index is -0.0935. The second-order valence-corrected chi connectivity index (χ2v) is 7.99. The van der Waals surface area contributed by atoms with Crippen molar-refractivity contribution in [1.82, 2.24) is 30.0 Å². The van der Waals surface area contributed by atoms with Crippen LogP contribution < -0.4 is 9.47 Å². The Morgan fingerprint density at radius 3 is 2.77 bits per heavy atom. The summed E-state index contributed by atoms with van der Waals surface area (Å²) in [6.45, 7) is 0.491. The van der Waals surface area contributed by atoms with Crippen molar-refractivity contribution < 1.29 is 9.47 Å². The number of hydrogen-bond acceptors (Lipinski definition) is 7. The van der Waals surface area contributed by atoms with E-state index in [4.69, 9.17) is 14.6 Å². The minimum absolute atomic E-state index is 0.0935. The Morgan fingerprint density at radius 2 is 1.87 bits per heavy atom. The minimum Gasteiger partial charge on any atom is -0.486 e. The molecular formula is C21H16N6O2S. The van der Waals surface area contributed by atoms with Crippen molar-refractivity contribution in [2.24, 2.45) is 0 Å². The molecule has 0 fully saturated rings. The van der Waals surface area contributed by atoms with Crippen LogP contribution in [0.15, 0.2) is 60.7 Å². The second kappa shape index (κ2) is 6.96. The third-order valence-electron chi connectivity index (χ3n) is 4.89. The van der Waals surface area contributed by atoms with Gasteiger partial charge in [-0.3, -0.25) is 5.10 Å². The van der Waals surface area contributed by atoms with Gasteiger partial charge in [-0.05, 0) is 18.2 Å². The summed E-state index contributed by atoms with van der Waals surface area (Å²) in [5, 5.41) is 21.6. The number of aromatic amines is 1. The Kier molecular flexibility index (Phi) is 3.98. The first-order chi connectivity index (χ1) is 14.8. The molecule has 9 heteroatoms. The van der Waals surface area contributed by atoms with Gasteiger partial charge in [-0.25, -0.2) is 0 Å². The van der Waals surface area contributed by atoms with Crippen LogP contribution >= 0.6 is 11.3 Å². The molecule has 0 aliphatic carbocycles. The Hall–Kier alpha value is -3.72. The largest absolute Gasteiger partial charge is 0.486 e. The van der Waals surface area contributed by atoms with E-state index in [1.54, 1.807) is 4.52 Å². The summed E-state index contributed by atoms with van der Waals surface area (Å²) in [5.41, 5.74) is 2.66. The lowest BCUT2D eigenvalue weighted by Crippen LogP contribution is -2.31. The van der Waals surface area contributed by atoms with Gasteiger partial charge in [0, 0.05) is 12.0 Å². The number of fused-ring (bicyclic) bond motifs is 2. The number of aromatic nitrogens is 6. The summed E-state index contributed by atoms with van der Waals surface area (Å²) in [7, 11) is 0. The highest BCUT2D eigenvalue weighted by molar-refractivity contribution is 7.16. The van der Waals surface area contributed by atoms with E-state index in [1.165, 1.54) is 11.3 Å². The molecule has 0 spiro atoms. The van der Waals surface area contributed by atoms with Gasteiger partial charge in [0.15, 0.2) is 11.5 Å². The maximum absolute atomic E-state index is 6.06. The number of benzene rings is 2. The highest BCUT2D eigenvalue weighted by Gasteiger charge is 2.24. The van der Waals surface area contributed by atoms with Crippen LogP contribution in [0.1, 0.15) is 5.01 Å². The van der Waals surface area contributed by atoms with E-state index in [0.717, 1.165) is 38.4 Å². The van der Waals surface area contributed by atoms with E-state index in [9.17, 15) is 0 Å². The number of para-hydroxylation sites is 2. The lowest BCUT2D eigenvalue weighted by atomic mass is 10.1. The molecule has 1 N–H and O–H groups in total. The smallest absolute Gasteiger partial charge is 0.235 e. The van der Waals surface area contributed by atoms with Crippen molar-refractivity contribution in [2.45, 2.75) is 12.5 Å². The van der Waals surface area contributed by atoms with Gasteiger partial charge in [0.2, 0.25) is 10.8 Å². The molecule has 4 heterocycles. The van der Waals surface area contributed by atoms with Gasteiger partial charge >= 0.3 is 0 Å². The zero-order valence-electron chi connectivity index (χ0n) is 15.7. The molecule has 30 heavy (non-hydrogen) atoms. The number of ether oxygens (including phenoxy) is 2. The Balaban J connectivity index is 1.26.